The van der Waals surface area contributed by atoms with Crippen molar-refractivity contribution in [2.75, 3.05) is 7.05 Å². The molecule has 4 heteroatoms. The van der Waals surface area contributed by atoms with Crippen LogP contribution in [0.3, 0.4) is 0 Å². The largest absolute Gasteiger partial charge is 0.359 e. The highest BCUT2D eigenvalue weighted by molar-refractivity contribution is 5.75. The number of carbonyl (C=O) groups is 1. The molecule has 1 N–H and O–H groups in total. The number of nitrogens with one attached hydrogen (secondary N) is 1. The third-order valence-corrected chi connectivity index (χ3v) is 1.99. The molecule has 0 aliphatic carbocycles. The molecule has 1 aromatic heterocycles. The van der Waals surface area contributed by atoms with Crippen molar-refractivity contribution in [3.05, 3.63) is 18.0 Å². The van der Waals surface area contributed by atoms with Crippen LogP contribution >= 0.6 is 0 Å². The molecule has 1 rings (SSSR count). The fourth-order valence-corrected chi connectivity index (χ4v) is 1.22. The first-order chi connectivity index (χ1) is 6.27. The Hall–Kier alpha value is -1.32. The van der Waals surface area contributed by atoms with Gasteiger partial charge in [0.05, 0.1) is 0 Å². The average molecular weight is 181 g/mol. The summed E-state index contributed by atoms with van der Waals surface area (Å²) in [5.41, 5.74) is 1.12. The summed E-state index contributed by atoms with van der Waals surface area (Å²) in [6.07, 6.45) is 3.05. The molecule has 1 amide bonds. The van der Waals surface area contributed by atoms with Crippen LogP contribution in [0.2, 0.25) is 0 Å². The van der Waals surface area contributed by atoms with Gasteiger partial charge < -0.3 is 5.32 Å². The van der Waals surface area contributed by atoms with E-state index >= 15 is 0 Å². The second kappa shape index (κ2) is 4.64. The molecule has 0 saturated carbocycles. The zero-order chi connectivity index (χ0) is 9.68. The lowest BCUT2D eigenvalue weighted by atomic mass is 10.2. The van der Waals surface area contributed by atoms with Crippen molar-refractivity contribution in [1.82, 2.24) is 15.1 Å². The van der Waals surface area contributed by atoms with Crippen LogP contribution in [0.5, 0.6) is 0 Å². The monoisotopic (exact) mass is 181 g/mol. The number of amides is 1. The van der Waals surface area contributed by atoms with Gasteiger partial charge in [0.2, 0.25) is 5.91 Å². The number of hydrogen-bond donors (Lipinski definition) is 1. The molecular weight excluding hydrogens is 166 g/mol. The highest BCUT2D eigenvalue weighted by Crippen LogP contribution is 2.02. The van der Waals surface area contributed by atoms with Crippen molar-refractivity contribution in [2.45, 2.75) is 26.3 Å². The van der Waals surface area contributed by atoms with Crippen molar-refractivity contribution in [2.24, 2.45) is 0 Å². The number of aromatic nitrogens is 2. The maximum atomic E-state index is 11.0. The Kier molecular flexibility index (Phi) is 3.49. The van der Waals surface area contributed by atoms with E-state index in [1.54, 1.807) is 13.2 Å². The molecule has 0 bridgehead atoms. The molecule has 0 radical (unpaired) electrons. The summed E-state index contributed by atoms with van der Waals surface area (Å²) >= 11 is 0. The molecular formula is C9H15N3O. The lowest BCUT2D eigenvalue weighted by Gasteiger charge is -2.03. The quantitative estimate of drug-likeness (QED) is 0.738. The molecule has 1 heterocycles. The fraction of sp³-hybridized carbons (Fsp3) is 0.556. The fourth-order valence-electron chi connectivity index (χ4n) is 1.22. The summed E-state index contributed by atoms with van der Waals surface area (Å²) < 4.78 is 1.91. The van der Waals surface area contributed by atoms with E-state index in [4.69, 9.17) is 0 Å². The van der Waals surface area contributed by atoms with E-state index < -0.39 is 0 Å². The minimum Gasteiger partial charge on any atom is -0.359 e. The lowest BCUT2D eigenvalue weighted by molar-refractivity contribution is -0.120. The lowest BCUT2D eigenvalue weighted by Crippen LogP contribution is -2.18. The normalized spacial score (nSPS) is 10.0. The zero-order valence-electron chi connectivity index (χ0n) is 8.08. The Morgan fingerprint density at radius 2 is 2.46 bits per heavy atom. The summed E-state index contributed by atoms with van der Waals surface area (Å²) in [6.45, 7) is 2.90. The minimum atomic E-state index is 0.0730. The van der Waals surface area contributed by atoms with Crippen molar-refractivity contribution >= 4 is 5.91 Å². The maximum Gasteiger partial charge on any atom is 0.220 e. The molecule has 72 valence electrons. The van der Waals surface area contributed by atoms with E-state index in [2.05, 4.69) is 10.4 Å². The van der Waals surface area contributed by atoms with Gasteiger partial charge in [-0.05, 0) is 19.4 Å². The summed E-state index contributed by atoms with van der Waals surface area (Å²) in [7, 11) is 1.65. The van der Waals surface area contributed by atoms with Crippen LogP contribution in [0.4, 0.5) is 0 Å². The topological polar surface area (TPSA) is 46.9 Å². The van der Waals surface area contributed by atoms with E-state index in [-0.39, 0.29) is 5.91 Å². The second-order valence-electron chi connectivity index (χ2n) is 2.81. The van der Waals surface area contributed by atoms with Crippen molar-refractivity contribution in [3.8, 4) is 0 Å². The predicted molar refractivity (Wildman–Crippen MR) is 50.3 cm³/mol. The third kappa shape index (κ3) is 2.57. The summed E-state index contributed by atoms with van der Waals surface area (Å²) in [4.78, 5) is 11.0. The Balaban J connectivity index is 2.49. The minimum absolute atomic E-state index is 0.0730. The van der Waals surface area contributed by atoms with Crippen molar-refractivity contribution in [3.63, 3.8) is 0 Å². The van der Waals surface area contributed by atoms with E-state index in [1.165, 1.54) is 0 Å². The molecule has 4 nitrogen and oxygen atoms in total. The number of hydrogen-bond acceptors (Lipinski definition) is 2. The van der Waals surface area contributed by atoms with Crippen LogP contribution in [0, 0.1) is 0 Å². The Bertz CT molecular complexity index is 280. The molecule has 13 heavy (non-hydrogen) atoms. The van der Waals surface area contributed by atoms with Crippen LogP contribution < -0.4 is 5.32 Å². The van der Waals surface area contributed by atoms with Crippen LogP contribution in [0.15, 0.2) is 12.3 Å². The van der Waals surface area contributed by atoms with E-state index in [1.807, 2.05) is 17.7 Å². The number of rotatable bonds is 4. The molecule has 0 aliphatic heterocycles. The molecule has 0 aromatic carbocycles. The highest BCUT2D eigenvalue weighted by Gasteiger charge is 2.03. The van der Waals surface area contributed by atoms with E-state index in [0.29, 0.717) is 6.42 Å². The Morgan fingerprint density at radius 3 is 3.08 bits per heavy atom. The van der Waals surface area contributed by atoms with Gasteiger partial charge in [0.15, 0.2) is 0 Å². The highest BCUT2D eigenvalue weighted by atomic mass is 16.1. The van der Waals surface area contributed by atoms with Gasteiger partial charge in [-0.1, -0.05) is 0 Å². The zero-order valence-corrected chi connectivity index (χ0v) is 8.08. The van der Waals surface area contributed by atoms with Gasteiger partial charge in [0, 0.05) is 31.9 Å². The van der Waals surface area contributed by atoms with Crippen molar-refractivity contribution in [1.29, 1.82) is 0 Å². The molecule has 0 spiro atoms. The van der Waals surface area contributed by atoms with Gasteiger partial charge in [-0.15, -0.1) is 0 Å². The molecule has 1 aromatic rings. The third-order valence-electron chi connectivity index (χ3n) is 1.99. The summed E-state index contributed by atoms with van der Waals surface area (Å²) in [5.74, 6) is 0.0730. The summed E-state index contributed by atoms with van der Waals surface area (Å²) in [6, 6.07) is 1.95. The molecule has 0 unspecified atom stereocenters. The van der Waals surface area contributed by atoms with Gasteiger partial charge in [-0.2, -0.15) is 5.10 Å². The Morgan fingerprint density at radius 1 is 1.69 bits per heavy atom. The van der Waals surface area contributed by atoms with Gasteiger partial charge in [-0.3, -0.25) is 9.48 Å². The van der Waals surface area contributed by atoms with Gasteiger partial charge in [0.25, 0.3) is 0 Å². The smallest absolute Gasteiger partial charge is 0.220 e. The molecule has 0 aliphatic rings. The molecule has 0 atom stereocenters. The number of carbonyl (C=O) groups excluding carboxylic acids is 1. The van der Waals surface area contributed by atoms with Crippen LogP contribution in [-0.2, 0) is 17.8 Å². The van der Waals surface area contributed by atoms with Gasteiger partial charge in [0.1, 0.15) is 0 Å². The Labute approximate surface area is 77.9 Å². The van der Waals surface area contributed by atoms with Crippen LogP contribution in [0.25, 0.3) is 0 Å². The van der Waals surface area contributed by atoms with Gasteiger partial charge >= 0.3 is 0 Å². The standard InChI is InChI=1S/C9H15N3O/c1-3-12-8(6-7-11-12)4-5-9(13)10-2/h6-7H,3-5H2,1-2H3,(H,10,13). The number of aryl methyl sites for hydroxylation is 2. The first-order valence-corrected chi connectivity index (χ1v) is 4.49. The maximum absolute atomic E-state index is 11.0. The SMILES string of the molecule is CCn1nccc1CCC(=O)NC. The van der Waals surface area contributed by atoms with E-state index in [0.717, 1.165) is 18.7 Å². The predicted octanol–water partition coefficient (Wildman–Crippen LogP) is 0.582. The second-order valence-corrected chi connectivity index (χ2v) is 2.81. The van der Waals surface area contributed by atoms with Gasteiger partial charge in [-0.25, -0.2) is 0 Å². The summed E-state index contributed by atoms with van der Waals surface area (Å²) in [5, 5.41) is 6.72. The first-order valence-electron chi connectivity index (χ1n) is 4.49. The van der Waals surface area contributed by atoms with Crippen LogP contribution in [0.1, 0.15) is 19.0 Å². The number of nitrogens with zero attached hydrogens (tertiary/aromatic N) is 2. The average Bonchev–Trinajstić information content (AvgIpc) is 2.61. The molecule has 0 fully saturated rings. The van der Waals surface area contributed by atoms with Crippen LogP contribution in [-0.4, -0.2) is 22.7 Å². The van der Waals surface area contributed by atoms with Crippen molar-refractivity contribution < 1.29 is 4.79 Å². The van der Waals surface area contributed by atoms with E-state index in [9.17, 15) is 4.79 Å². The first kappa shape index (κ1) is 9.77. The molecule has 0 saturated heterocycles.